The lowest BCUT2D eigenvalue weighted by Crippen LogP contribution is -2.08. The Balaban J connectivity index is 2.18. The van der Waals surface area contributed by atoms with Crippen molar-refractivity contribution in [3.8, 4) is 11.4 Å². The molecule has 0 radical (unpaired) electrons. The van der Waals surface area contributed by atoms with E-state index < -0.39 is 5.97 Å². The van der Waals surface area contributed by atoms with Gasteiger partial charge in [0.2, 0.25) is 0 Å². The quantitative estimate of drug-likeness (QED) is 0.669. The number of rotatable bonds is 2. The van der Waals surface area contributed by atoms with Crippen molar-refractivity contribution in [2.24, 2.45) is 0 Å². The van der Waals surface area contributed by atoms with Crippen LogP contribution in [0.3, 0.4) is 0 Å². The molecular weight excluding hydrogens is 254 g/mol. The zero-order valence-corrected chi connectivity index (χ0v) is 11.2. The number of carbonyl (C=O) groups excluding carboxylic acids is 1. The number of fused-ring (bicyclic) bond motifs is 1. The summed E-state index contributed by atoms with van der Waals surface area (Å²) in [6, 6.07) is 13.1. The summed E-state index contributed by atoms with van der Waals surface area (Å²) in [5.74, 6) is 0.154. The van der Waals surface area contributed by atoms with Gasteiger partial charge in [-0.3, -0.25) is 0 Å². The van der Waals surface area contributed by atoms with Gasteiger partial charge in [-0.05, 0) is 25.1 Å². The molecule has 0 spiro atoms. The van der Waals surface area contributed by atoms with E-state index in [0.29, 0.717) is 17.2 Å². The van der Waals surface area contributed by atoms with E-state index in [2.05, 4.69) is 10.1 Å². The summed E-state index contributed by atoms with van der Waals surface area (Å²) in [7, 11) is 1.35. The standard InChI is InChI=1S/C15H13N3O2/c1-10-5-3-6-11(9-10)14-16-13-8-4-7-12(15(19)20-2)18(13)17-14/h3-9H,1-2H3. The van der Waals surface area contributed by atoms with Gasteiger partial charge in [0.1, 0.15) is 0 Å². The molecule has 0 saturated carbocycles. The molecule has 20 heavy (non-hydrogen) atoms. The SMILES string of the molecule is COC(=O)c1cccc2nc(-c3cccc(C)c3)nn12. The van der Waals surface area contributed by atoms with Crippen molar-refractivity contribution in [1.29, 1.82) is 0 Å². The van der Waals surface area contributed by atoms with Crippen molar-refractivity contribution in [1.82, 2.24) is 14.6 Å². The number of esters is 1. The Bertz CT molecular complexity index is 793. The maximum absolute atomic E-state index is 11.7. The fraction of sp³-hybridized carbons (Fsp3) is 0.133. The van der Waals surface area contributed by atoms with Gasteiger partial charge in [0.05, 0.1) is 7.11 Å². The molecule has 0 bridgehead atoms. The number of carbonyl (C=O) groups is 1. The van der Waals surface area contributed by atoms with Crippen LogP contribution in [0.15, 0.2) is 42.5 Å². The van der Waals surface area contributed by atoms with E-state index in [1.54, 1.807) is 18.2 Å². The van der Waals surface area contributed by atoms with Crippen LogP contribution in [0.5, 0.6) is 0 Å². The number of aromatic nitrogens is 3. The molecule has 0 aliphatic heterocycles. The number of benzene rings is 1. The zero-order valence-electron chi connectivity index (χ0n) is 11.2. The van der Waals surface area contributed by atoms with Crippen LogP contribution in [0.25, 0.3) is 17.0 Å². The molecule has 3 rings (SSSR count). The minimum Gasteiger partial charge on any atom is -0.464 e. The van der Waals surface area contributed by atoms with Crippen molar-refractivity contribution in [3.63, 3.8) is 0 Å². The molecule has 2 aromatic heterocycles. The lowest BCUT2D eigenvalue weighted by molar-refractivity contribution is 0.0591. The van der Waals surface area contributed by atoms with E-state index in [1.807, 2.05) is 31.2 Å². The normalized spacial score (nSPS) is 10.7. The van der Waals surface area contributed by atoms with Crippen LogP contribution >= 0.6 is 0 Å². The first kappa shape index (κ1) is 12.3. The average Bonchev–Trinajstić information content (AvgIpc) is 2.90. The minimum atomic E-state index is -0.434. The summed E-state index contributed by atoms with van der Waals surface area (Å²) in [6.45, 7) is 2.01. The van der Waals surface area contributed by atoms with Gasteiger partial charge in [0.25, 0.3) is 0 Å². The van der Waals surface area contributed by atoms with Gasteiger partial charge in [0, 0.05) is 5.56 Å². The van der Waals surface area contributed by atoms with Crippen molar-refractivity contribution in [3.05, 3.63) is 53.7 Å². The van der Waals surface area contributed by atoms with Crippen LogP contribution in [0.1, 0.15) is 16.1 Å². The molecule has 0 N–H and O–H groups in total. The molecule has 100 valence electrons. The van der Waals surface area contributed by atoms with Crippen molar-refractivity contribution in [2.45, 2.75) is 6.92 Å². The number of aryl methyl sites for hydroxylation is 1. The molecule has 0 aliphatic rings. The zero-order chi connectivity index (χ0) is 14.1. The molecule has 0 amide bonds. The van der Waals surface area contributed by atoms with E-state index >= 15 is 0 Å². The maximum Gasteiger partial charge on any atom is 0.356 e. The van der Waals surface area contributed by atoms with Crippen LogP contribution in [-0.4, -0.2) is 27.7 Å². The topological polar surface area (TPSA) is 56.5 Å². The number of nitrogens with zero attached hydrogens (tertiary/aromatic N) is 3. The Hall–Kier alpha value is -2.69. The molecule has 0 unspecified atom stereocenters. The smallest absolute Gasteiger partial charge is 0.356 e. The van der Waals surface area contributed by atoms with Crippen molar-refractivity contribution >= 4 is 11.6 Å². The summed E-state index contributed by atoms with van der Waals surface area (Å²) in [4.78, 5) is 16.2. The summed E-state index contributed by atoms with van der Waals surface area (Å²) in [5, 5.41) is 4.40. The second-order valence-electron chi connectivity index (χ2n) is 4.48. The highest BCUT2D eigenvalue weighted by Crippen LogP contribution is 2.18. The number of hydrogen-bond acceptors (Lipinski definition) is 4. The Morgan fingerprint density at radius 3 is 2.75 bits per heavy atom. The molecule has 0 saturated heterocycles. The van der Waals surface area contributed by atoms with Gasteiger partial charge in [-0.25, -0.2) is 14.3 Å². The highest BCUT2D eigenvalue weighted by atomic mass is 16.5. The summed E-state index contributed by atoms with van der Waals surface area (Å²) >= 11 is 0. The van der Waals surface area contributed by atoms with E-state index in [0.717, 1.165) is 11.1 Å². The highest BCUT2D eigenvalue weighted by Gasteiger charge is 2.14. The Morgan fingerprint density at radius 1 is 1.20 bits per heavy atom. The average molecular weight is 267 g/mol. The second-order valence-corrected chi connectivity index (χ2v) is 4.48. The van der Waals surface area contributed by atoms with Crippen LogP contribution in [0.2, 0.25) is 0 Å². The third kappa shape index (κ3) is 2.03. The first-order valence-corrected chi connectivity index (χ1v) is 6.20. The summed E-state index contributed by atoms with van der Waals surface area (Å²) < 4.78 is 6.25. The van der Waals surface area contributed by atoms with Gasteiger partial charge in [-0.15, -0.1) is 5.10 Å². The number of hydrogen-bond donors (Lipinski definition) is 0. The molecule has 0 aliphatic carbocycles. The second kappa shape index (κ2) is 4.77. The summed E-state index contributed by atoms with van der Waals surface area (Å²) in [6.07, 6.45) is 0. The number of methoxy groups -OCH3 is 1. The first-order chi connectivity index (χ1) is 9.69. The van der Waals surface area contributed by atoms with E-state index in [9.17, 15) is 4.79 Å². The molecule has 2 heterocycles. The molecule has 5 nitrogen and oxygen atoms in total. The first-order valence-electron chi connectivity index (χ1n) is 6.20. The van der Waals surface area contributed by atoms with Gasteiger partial charge >= 0.3 is 5.97 Å². The molecule has 5 heteroatoms. The largest absolute Gasteiger partial charge is 0.464 e. The van der Waals surface area contributed by atoms with Crippen LogP contribution in [0.4, 0.5) is 0 Å². The van der Waals surface area contributed by atoms with E-state index in [1.165, 1.54) is 11.6 Å². The minimum absolute atomic E-state index is 0.358. The van der Waals surface area contributed by atoms with Gasteiger partial charge in [-0.2, -0.15) is 0 Å². The number of ether oxygens (including phenoxy) is 1. The fourth-order valence-corrected chi connectivity index (χ4v) is 2.07. The predicted molar refractivity (Wildman–Crippen MR) is 74.5 cm³/mol. The third-order valence-corrected chi connectivity index (χ3v) is 3.03. The Labute approximate surface area is 115 Å². The third-order valence-electron chi connectivity index (χ3n) is 3.03. The lowest BCUT2D eigenvalue weighted by Gasteiger charge is -2.00. The Morgan fingerprint density at radius 2 is 2.00 bits per heavy atom. The van der Waals surface area contributed by atoms with Crippen LogP contribution in [0, 0.1) is 6.92 Å². The number of pyridine rings is 1. The molecule has 0 fully saturated rings. The molecular formula is C15H13N3O2. The van der Waals surface area contributed by atoms with Crippen LogP contribution < -0.4 is 0 Å². The Kier molecular flexibility index (Phi) is 2.95. The lowest BCUT2D eigenvalue weighted by atomic mass is 10.1. The fourth-order valence-electron chi connectivity index (χ4n) is 2.07. The van der Waals surface area contributed by atoms with Gasteiger partial charge in [-0.1, -0.05) is 29.8 Å². The predicted octanol–water partition coefficient (Wildman–Crippen LogP) is 2.49. The van der Waals surface area contributed by atoms with Gasteiger partial charge < -0.3 is 4.74 Å². The van der Waals surface area contributed by atoms with E-state index in [-0.39, 0.29) is 0 Å². The molecule has 0 atom stereocenters. The molecule has 3 aromatic rings. The highest BCUT2D eigenvalue weighted by molar-refractivity contribution is 5.88. The van der Waals surface area contributed by atoms with Crippen LogP contribution in [-0.2, 0) is 4.74 Å². The van der Waals surface area contributed by atoms with E-state index in [4.69, 9.17) is 4.74 Å². The maximum atomic E-state index is 11.7. The monoisotopic (exact) mass is 267 g/mol. The van der Waals surface area contributed by atoms with Gasteiger partial charge in [0.15, 0.2) is 17.2 Å². The molecule has 1 aromatic carbocycles. The van der Waals surface area contributed by atoms with Crippen molar-refractivity contribution in [2.75, 3.05) is 7.11 Å². The van der Waals surface area contributed by atoms with Crippen molar-refractivity contribution < 1.29 is 9.53 Å². The summed E-state index contributed by atoms with van der Waals surface area (Å²) in [5.41, 5.74) is 3.03.